The van der Waals surface area contributed by atoms with Crippen LogP contribution in [0.2, 0.25) is 5.02 Å². The van der Waals surface area contributed by atoms with E-state index < -0.39 is 0 Å². The number of nitrogens with one attached hydrogen (secondary N) is 1. The highest BCUT2D eigenvalue weighted by Gasteiger charge is 2.03. The van der Waals surface area contributed by atoms with Crippen molar-refractivity contribution in [3.8, 4) is 0 Å². The number of halogens is 1. The first-order valence-electron chi connectivity index (χ1n) is 5.75. The Balaban J connectivity index is 2.63. The minimum atomic E-state index is 0.689. The topological polar surface area (TPSA) is 12.0 Å². The molecular formula is C13H20ClNS. The molecule has 90 valence electrons. The molecule has 0 saturated heterocycles. The van der Waals surface area contributed by atoms with Crippen LogP contribution < -0.4 is 5.32 Å². The summed E-state index contributed by atoms with van der Waals surface area (Å²) in [5.74, 6) is 1.77. The molecule has 1 nitrogen and oxygen atoms in total. The summed E-state index contributed by atoms with van der Waals surface area (Å²) in [5.41, 5.74) is 1.34. The van der Waals surface area contributed by atoms with E-state index in [9.17, 15) is 0 Å². The number of benzene rings is 1. The fourth-order valence-electron chi connectivity index (χ4n) is 1.46. The highest BCUT2D eigenvalue weighted by atomic mass is 35.5. The average molecular weight is 258 g/mol. The van der Waals surface area contributed by atoms with E-state index in [4.69, 9.17) is 11.6 Å². The molecule has 0 aliphatic carbocycles. The maximum Gasteiger partial charge on any atom is 0.0417 e. The van der Waals surface area contributed by atoms with Gasteiger partial charge in [0.1, 0.15) is 0 Å². The van der Waals surface area contributed by atoms with Crippen molar-refractivity contribution in [3.63, 3.8) is 0 Å². The highest BCUT2D eigenvalue weighted by molar-refractivity contribution is 7.99. The average Bonchev–Trinajstić information content (AvgIpc) is 2.21. The van der Waals surface area contributed by atoms with Crippen molar-refractivity contribution >= 4 is 23.4 Å². The lowest BCUT2D eigenvalue weighted by Gasteiger charge is -2.11. The van der Waals surface area contributed by atoms with Crippen LogP contribution in [0.25, 0.3) is 0 Å². The van der Waals surface area contributed by atoms with Gasteiger partial charge in [0.05, 0.1) is 0 Å². The summed E-state index contributed by atoms with van der Waals surface area (Å²) < 4.78 is 0. The molecule has 0 aliphatic rings. The molecule has 1 aromatic carbocycles. The predicted octanol–water partition coefficient (Wildman–Crippen LogP) is 4.20. The third-order valence-corrected chi connectivity index (χ3v) is 3.41. The molecule has 0 radical (unpaired) electrons. The van der Waals surface area contributed by atoms with Gasteiger partial charge in [-0.3, -0.25) is 0 Å². The van der Waals surface area contributed by atoms with E-state index in [-0.39, 0.29) is 0 Å². The molecule has 0 bridgehead atoms. The van der Waals surface area contributed by atoms with Gasteiger partial charge in [-0.1, -0.05) is 38.4 Å². The lowest BCUT2D eigenvalue weighted by Crippen LogP contribution is -2.19. The van der Waals surface area contributed by atoms with Gasteiger partial charge in [0.15, 0.2) is 0 Å². The molecule has 1 rings (SSSR count). The molecule has 0 amide bonds. The molecule has 0 atom stereocenters. The summed E-state index contributed by atoms with van der Waals surface area (Å²) in [6.07, 6.45) is 0. The summed E-state index contributed by atoms with van der Waals surface area (Å²) >= 11 is 7.85. The Hall–Kier alpha value is -0.180. The predicted molar refractivity (Wildman–Crippen MR) is 74.4 cm³/mol. The fourth-order valence-corrected chi connectivity index (χ4v) is 2.54. The second-order valence-electron chi connectivity index (χ2n) is 4.21. The summed E-state index contributed by atoms with van der Waals surface area (Å²) in [4.78, 5) is 1.30. The van der Waals surface area contributed by atoms with Gasteiger partial charge in [-0.25, -0.2) is 0 Å². The van der Waals surface area contributed by atoms with Crippen molar-refractivity contribution in [1.82, 2.24) is 5.32 Å². The van der Waals surface area contributed by atoms with Crippen LogP contribution in [-0.4, -0.2) is 12.3 Å². The van der Waals surface area contributed by atoms with Crippen LogP contribution in [0.5, 0.6) is 0 Å². The molecule has 0 aliphatic heterocycles. The first-order chi connectivity index (χ1) is 7.63. The van der Waals surface area contributed by atoms with E-state index in [0.29, 0.717) is 5.92 Å². The first-order valence-corrected chi connectivity index (χ1v) is 7.11. The van der Waals surface area contributed by atoms with Gasteiger partial charge >= 0.3 is 0 Å². The van der Waals surface area contributed by atoms with E-state index in [2.05, 4.69) is 38.2 Å². The van der Waals surface area contributed by atoms with Crippen LogP contribution >= 0.6 is 23.4 Å². The molecule has 0 unspecified atom stereocenters. The van der Waals surface area contributed by atoms with Gasteiger partial charge in [0.2, 0.25) is 0 Å². The third-order valence-electron chi connectivity index (χ3n) is 2.20. The lowest BCUT2D eigenvalue weighted by molar-refractivity contribution is 0.550. The van der Waals surface area contributed by atoms with Crippen LogP contribution in [0.4, 0.5) is 0 Å². The van der Waals surface area contributed by atoms with E-state index in [1.807, 2.05) is 17.8 Å². The van der Waals surface area contributed by atoms with Gasteiger partial charge in [-0.2, -0.15) is 0 Å². The maximum atomic E-state index is 6.00. The molecule has 1 aromatic rings. The second-order valence-corrected chi connectivity index (χ2v) is 5.95. The Kier molecular flexibility index (Phi) is 6.25. The number of hydrogen-bond donors (Lipinski definition) is 1. The second kappa shape index (κ2) is 7.21. The SMILES string of the molecule is CCSc1cc(Cl)ccc1CNCC(C)C. The van der Waals surface area contributed by atoms with Gasteiger partial charge in [0.25, 0.3) is 0 Å². The zero-order valence-electron chi connectivity index (χ0n) is 10.2. The van der Waals surface area contributed by atoms with Crippen LogP contribution in [0.1, 0.15) is 26.3 Å². The molecule has 0 aromatic heterocycles. The highest BCUT2D eigenvalue weighted by Crippen LogP contribution is 2.26. The smallest absolute Gasteiger partial charge is 0.0417 e. The quantitative estimate of drug-likeness (QED) is 0.767. The van der Waals surface area contributed by atoms with Crippen molar-refractivity contribution in [3.05, 3.63) is 28.8 Å². The minimum Gasteiger partial charge on any atom is -0.312 e. The number of thioether (sulfide) groups is 1. The Bertz CT molecular complexity index is 326. The Labute approximate surface area is 108 Å². The monoisotopic (exact) mass is 257 g/mol. The summed E-state index contributed by atoms with van der Waals surface area (Å²) in [6, 6.07) is 6.14. The van der Waals surface area contributed by atoms with Gasteiger partial charge < -0.3 is 5.32 Å². The van der Waals surface area contributed by atoms with Crippen molar-refractivity contribution in [2.24, 2.45) is 5.92 Å². The molecular weight excluding hydrogens is 238 g/mol. The normalized spacial score (nSPS) is 11.1. The zero-order valence-corrected chi connectivity index (χ0v) is 11.8. The summed E-state index contributed by atoms with van der Waals surface area (Å²) in [5, 5.41) is 4.29. The molecule has 1 N–H and O–H groups in total. The molecule has 0 saturated carbocycles. The van der Waals surface area contributed by atoms with Crippen LogP contribution in [-0.2, 0) is 6.54 Å². The van der Waals surface area contributed by atoms with E-state index in [1.54, 1.807) is 0 Å². The summed E-state index contributed by atoms with van der Waals surface area (Å²) in [7, 11) is 0. The van der Waals surface area contributed by atoms with Crippen LogP contribution in [0.15, 0.2) is 23.1 Å². The number of hydrogen-bond acceptors (Lipinski definition) is 2. The van der Waals surface area contributed by atoms with Crippen LogP contribution in [0.3, 0.4) is 0 Å². The van der Waals surface area contributed by atoms with Crippen molar-refractivity contribution < 1.29 is 0 Å². The van der Waals surface area contributed by atoms with E-state index in [1.165, 1.54) is 10.5 Å². The van der Waals surface area contributed by atoms with Crippen molar-refractivity contribution in [2.45, 2.75) is 32.2 Å². The van der Waals surface area contributed by atoms with Gasteiger partial charge in [0, 0.05) is 16.5 Å². The molecule has 0 spiro atoms. The van der Waals surface area contributed by atoms with Crippen LogP contribution in [0, 0.1) is 5.92 Å². The van der Waals surface area contributed by atoms with Gasteiger partial charge in [-0.15, -0.1) is 11.8 Å². The maximum absolute atomic E-state index is 6.00. The molecule has 16 heavy (non-hydrogen) atoms. The standard InChI is InChI=1S/C13H20ClNS/c1-4-16-13-7-12(14)6-5-11(13)9-15-8-10(2)3/h5-7,10,15H,4,8-9H2,1-3H3. The largest absolute Gasteiger partial charge is 0.312 e. The van der Waals surface area contributed by atoms with E-state index in [0.717, 1.165) is 23.9 Å². The molecule has 0 heterocycles. The van der Waals surface area contributed by atoms with Crippen molar-refractivity contribution in [1.29, 1.82) is 0 Å². The molecule has 3 heteroatoms. The zero-order chi connectivity index (χ0) is 12.0. The summed E-state index contributed by atoms with van der Waals surface area (Å²) in [6.45, 7) is 8.58. The first kappa shape index (κ1) is 13.9. The Morgan fingerprint density at radius 1 is 1.38 bits per heavy atom. The fraction of sp³-hybridized carbons (Fsp3) is 0.538. The third kappa shape index (κ3) is 4.77. The Morgan fingerprint density at radius 2 is 2.12 bits per heavy atom. The Morgan fingerprint density at radius 3 is 2.75 bits per heavy atom. The lowest BCUT2D eigenvalue weighted by atomic mass is 10.2. The van der Waals surface area contributed by atoms with Crippen molar-refractivity contribution in [2.75, 3.05) is 12.3 Å². The molecule has 0 fully saturated rings. The number of rotatable bonds is 6. The minimum absolute atomic E-state index is 0.689. The van der Waals surface area contributed by atoms with E-state index >= 15 is 0 Å². The van der Waals surface area contributed by atoms with Gasteiger partial charge in [-0.05, 0) is 35.9 Å².